The zero-order chi connectivity index (χ0) is 22.6. The van der Waals surface area contributed by atoms with Crippen LogP contribution in [0.25, 0.3) is 17.1 Å². The van der Waals surface area contributed by atoms with Crippen LogP contribution in [0.1, 0.15) is 58.4 Å². The standard InChI is InChI=1S/C26H32N4OS/c1-26(2,3)20-16-14-19(15-17-20)24-28-29-25(30(24)22-12-8-5-9-13-22)32-18-23(31)27-21-10-6-4-7-11-21/h5,8-9,12-17,21H,4,6-7,10-11,18H2,1-3H3,(H,27,31). The summed E-state index contributed by atoms with van der Waals surface area (Å²) >= 11 is 1.44. The lowest BCUT2D eigenvalue weighted by Crippen LogP contribution is -2.37. The molecule has 2 aromatic carbocycles. The van der Waals surface area contributed by atoms with Gasteiger partial charge in [0, 0.05) is 17.3 Å². The van der Waals surface area contributed by atoms with Crippen LogP contribution in [0.5, 0.6) is 0 Å². The van der Waals surface area contributed by atoms with Crippen molar-refractivity contribution in [3.8, 4) is 17.1 Å². The molecule has 0 aliphatic heterocycles. The van der Waals surface area contributed by atoms with Gasteiger partial charge in [0.25, 0.3) is 0 Å². The summed E-state index contributed by atoms with van der Waals surface area (Å²) in [6.07, 6.45) is 5.87. The molecule has 5 nitrogen and oxygen atoms in total. The predicted molar refractivity (Wildman–Crippen MR) is 131 cm³/mol. The van der Waals surface area contributed by atoms with Crippen LogP contribution in [-0.2, 0) is 10.2 Å². The second-order valence-electron chi connectivity index (χ2n) is 9.50. The third-order valence-electron chi connectivity index (χ3n) is 5.96. The van der Waals surface area contributed by atoms with E-state index in [9.17, 15) is 4.79 Å². The van der Waals surface area contributed by atoms with Gasteiger partial charge in [0.15, 0.2) is 11.0 Å². The minimum absolute atomic E-state index is 0.0700. The molecule has 0 atom stereocenters. The number of para-hydroxylation sites is 1. The van der Waals surface area contributed by atoms with E-state index in [0.717, 1.165) is 35.1 Å². The zero-order valence-corrected chi connectivity index (χ0v) is 20.0. The van der Waals surface area contributed by atoms with Crippen molar-refractivity contribution in [2.75, 3.05) is 5.75 Å². The SMILES string of the molecule is CC(C)(C)c1ccc(-c2nnc(SCC(=O)NC3CCCCC3)n2-c2ccccc2)cc1. The van der Waals surface area contributed by atoms with Crippen molar-refractivity contribution in [3.05, 3.63) is 60.2 Å². The summed E-state index contributed by atoms with van der Waals surface area (Å²) in [5.74, 6) is 1.19. The summed E-state index contributed by atoms with van der Waals surface area (Å²) in [7, 11) is 0. The summed E-state index contributed by atoms with van der Waals surface area (Å²) in [4.78, 5) is 12.6. The average Bonchev–Trinajstić information content (AvgIpc) is 3.22. The molecule has 168 valence electrons. The van der Waals surface area contributed by atoms with E-state index in [2.05, 4.69) is 60.6 Å². The highest BCUT2D eigenvalue weighted by molar-refractivity contribution is 7.99. The van der Waals surface area contributed by atoms with Gasteiger partial charge in [-0.25, -0.2) is 0 Å². The molecule has 0 bridgehead atoms. The molecule has 1 aromatic heterocycles. The zero-order valence-electron chi connectivity index (χ0n) is 19.2. The van der Waals surface area contributed by atoms with Crippen LogP contribution < -0.4 is 5.32 Å². The maximum Gasteiger partial charge on any atom is 0.230 e. The lowest BCUT2D eigenvalue weighted by Gasteiger charge is -2.22. The molecule has 0 unspecified atom stereocenters. The molecule has 1 N–H and O–H groups in total. The first kappa shape index (κ1) is 22.6. The molecular formula is C26H32N4OS. The Balaban J connectivity index is 1.56. The van der Waals surface area contributed by atoms with E-state index in [1.165, 1.54) is 36.6 Å². The maximum absolute atomic E-state index is 12.6. The van der Waals surface area contributed by atoms with E-state index in [1.54, 1.807) is 0 Å². The molecule has 32 heavy (non-hydrogen) atoms. The van der Waals surface area contributed by atoms with Crippen molar-refractivity contribution in [1.82, 2.24) is 20.1 Å². The minimum Gasteiger partial charge on any atom is -0.353 e. The fourth-order valence-electron chi connectivity index (χ4n) is 4.13. The molecule has 3 aromatic rings. The molecule has 0 spiro atoms. The Kier molecular flexibility index (Phi) is 6.99. The van der Waals surface area contributed by atoms with Crippen LogP contribution >= 0.6 is 11.8 Å². The number of rotatable bonds is 6. The van der Waals surface area contributed by atoms with Crippen molar-refractivity contribution in [2.24, 2.45) is 0 Å². The smallest absolute Gasteiger partial charge is 0.230 e. The van der Waals surface area contributed by atoms with Gasteiger partial charge in [-0.05, 0) is 36.0 Å². The third kappa shape index (κ3) is 5.41. The van der Waals surface area contributed by atoms with Crippen molar-refractivity contribution < 1.29 is 4.79 Å². The Morgan fingerprint density at radius 3 is 2.34 bits per heavy atom. The van der Waals surface area contributed by atoms with Gasteiger partial charge in [0.05, 0.1) is 5.75 Å². The Hall–Kier alpha value is -2.60. The van der Waals surface area contributed by atoms with Crippen LogP contribution in [0.3, 0.4) is 0 Å². The van der Waals surface area contributed by atoms with Crippen molar-refractivity contribution >= 4 is 17.7 Å². The summed E-state index contributed by atoms with van der Waals surface area (Å²) in [5.41, 5.74) is 3.37. The van der Waals surface area contributed by atoms with Gasteiger partial charge in [-0.1, -0.05) is 94.3 Å². The first-order valence-electron chi connectivity index (χ1n) is 11.5. The number of nitrogens with zero attached hydrogens (tertiary/aromatic N) is 3. The van der Waals surface area contributed by atoms with Crippen LogP contribution in [0.2, 0.25) is 0 Å². The van der Waals surface area contributed by atoms with E-state index < -0.39 is 0 Å². The van der Waals surface area contributed by atoms with Crippen LogP contribution in [0, 0.1) is 0 Å². The number of thioether (sulfide) groups is 1. The van der Waals surface area contributed by atoms with Crippen molar-refractivity contribution in [2.45, 2.75) is 69.5 Å². The van der Waals surface area contributed by atoms with E-state index in [-0.39, 0.29) is 11.3 Å². The molecule has 4 rings (SSSR count). The number of hydrogen-bond acceptors (Lipinski definition) is 4. The van der Waals surface area contributed by atoms with Gasteiger partial charge in [-0.2, -0.15) is 0 Å². The van der Waals surface area contributed by atoms with E-state index in [4.69, 9.17) is 0 Å². The highest BCUT2D eigenvalue weighted by Gasteiger charge is 2.20. The maximum atomic E-state index is 12.6. The number of nitrogens with one attached hydrogen (secondary N) is 1. The monoisotopic (exact) mass is 448 g/mol. The Morgan fingerprint density at radius 2 is 1.69 bits per heavy atom. The molecule has 1 heterocycles. The van der Waals surface area contributed by atoms with Crippen molar-refractivity contribution in [3.63, 3.8) is 0 Å². The van der Waals surface area contributed by atoms with E-state index >= 15 is 0 Å². The molecule has 1 aliphatic rings. The first-order chi connectivity index (χ1) is 15.4. The van der Waals surface area contributed by atoms with Crippen LogP contribution in [-0.4, -0.2) is 32.5 Å². The molecular weight excluding hydrogens is 416 g/mol. The largest absolute Gasteiger partial charge is 0.353 e. The van der Waals surface area contributed by atoms with Gasteiger partial charge in [0.2, 0.25) is 5.91 Å². The number of aromatic nitrogens is 3. The Labute approximate surface area is 195 Å². The number of carbonyl (C=O) groups excluding carboxylic acids is 1. The van der Waals surface area contributed by atoms with Gasteiger partial charge in [-0.15, -0.1) is 10.2 Å². The second-order valence-corrected chi connectivity index (χ2v) is 10.4. The summed E-state index contributed by atoms with van der Waals surface area (Å²) < 4.78 is 2.05. The fourth-order valence-corrected chi connectivity index (χ4v) is 4.89. The summed E-state index contributed by atoms with van der Waals surface area (Å²) in [6.45, 7) is 6.63. The second kappa shape index (κ2) is 9.90. The highest BCUT2D eigenvalue weighted by atomic mass is 32.2. The minimum atomic E-state index is 0.0700. The predicted octanol–water partition coefficient (Wildman–Crippen LogP) is 5.77. The number of hydrogen-bond donors (Lipinski definition) is 1. The summed E-state index contributed by atoms with van der Waals surface area (Å²) in [6, 6.07) is 18.9. The molecule has 0 saturated heterocycles. The van der Waals surface area contributed by atoms with E-state index in [1.807, 2.05) is 34.9 Å². The summed E-state index contributed by atoms with van der Waals surface area (Å²) in [5, 5.41) is 12.9. The quantitative estimate of drug-likeness (QED) is 0.486. The molecule has 1 amide bonds. The lowest BCUT2D eigenvalue weighted by atomic mass is 9.87. The fraction of sp³-hybridized carbons (Fsp3) is 0.423. The lowest BCUT2D eigenvalue weighted by molar-refractivity contribution is -0.119. The number of amides is 1. The molecule has 1 aliphatic carbocycles. The normalized spacial score (nSPS) is 15.0. The van der Waals surface area contributed by atoms with Gasteiger partial charge >= 0.3 is 0 Å². The number of benzene rings is 2. The molecule has 1 saturated carbocycles. The third-order valence-corrected chi connectivity index (χ3v) is 6.89. The average molecular weight is 449 g/mol. The van der Waals surface area contributed by atoms with Crippen LogP contribution in [0.15, 0.2) is 59.8 Å². The number of carbonyl (C=O) groups is 1. The van der Waals surface area contributed by atoms with Gasteiger partial charge in [0.1, 0.15) is 0 Å². The van der Waals surface area contributed by atoms with Gasteiger partial charge < -0.3 is 5.32 Å². The molecule has 6 heteroatoms. The Morgan fingerprint density at radius 1 is 1.00 bits per heavy atom. The molecule has 0 radical (unpaired) electrons. The first-order valence-corrected chi connectivity index (χ1v) is 12.4. The highest BCUT2D eigenvalue weighted by Crippen LogP contribution is 2.30. The Bertz CT molecular complexity index is 1030. The van der Waals surface area contributed by atoms with Crippen LogP contribution in [0.4, 0.5) is 0 Å². The molecule has 1 fully saturated rings. The van der Waals surface area contributed by atoms with E-state index in [0.29, 0.717) is 11.8 Å². The topological polar surface area (TPSA) is 59.8 Å². The van der Waals surface area contributed by atoms with Gasteiger partial charge in [-0.3, -0.25) is 9.36 Å². The van der Waals surface area contributed by atoms with Crippen molar-refractivity contribution in [1.29, 1.82) is 0 Å².